The molecule has 6 aromatic carbocycles. The molecule has 0 aliphatic carbocycles. The number of phenols is 5. The number of amides is 1. The molecule has 6 aliphatic heterocycles. The Kier molecular flexibility index (Phi) is 23.2. The molecule has 31 nitrogen and oxygen atoms in total. The molecule has 0 saturated carbocycles. The number of carbonyl (C=O) groups excluding carboxylic acids is 3. The lowest BCUT2D eigenvalue weighted by molar-refractivity contribution is -0.172. The van der Waals surface area contributed by atoms with Crippen LogP contribution in [0.3, 0.4) is 0 Å². The number of pyridine rings is 4. The zero-order chi connectivity index (χ0) is 89.8. The number of aromatic hydroxyl groups is 5. The number of likely N-dealkylation sites (tertiary alicyclic amines) is 1. The van der Waals surface area contributed by atoms with Crippen molar-refractivity contribution in [3.05, 3.63) is 231 Å². The average molecular weight is 1750 g/mol. The topological polar surface area (TPSA) is 417 Å². The fraction of sp³-hybridized carbons (Fsp3) is 0.357. The van der Waals surface area contributed by atoms with Crippen LogP contribution in [-0.4, -0.2) is 143 Å². The Morgan fingerprint density at radius 3 is 1.43 bits per heavy atom. The van der Waals surface area contributed by atoms with Crippen molar-refractivity contribution < 1.29 is 64.3 Å². The van der Waals surface area contributed by atoms with Crippen molar-refractivity contribution in [1.29, 1.82) is 0 Å². The maximum atomic E-state index is 13.7. The molecule has 14 aromatic rings. The number of aryl methyl sites for hydroxylation is 4. The Labute approximate surface area is 740 Å². The number of benzene rings is 6. The number of ether oxygens (including phenoxy) is 3. The minimum Gasteiger partial charge on any atom is -0.508 e. The number of piperidine rings is 2. The molecule has 129 heavy (non-hydrogen) atoms. The number of cyclic esters (lactones) is 2. The van der Waals surface area contributed by atoms with Gasteiger partial charge in [-0.05, 0) is 232 Å². The summed E-state index contributed by atoms with van der Waals surface area (Å²) >= 11 is 0. The van der Waals surface area contributed by atoms with Gasteiger partial charge in [0.2, 0.25) is 0 Å². The number of nitrogens with zero attached hydrogens (tertiary/aromatic N) is 11. The van der Waals surface area contributed by atoms with Crippen LogP contribution < -0.4 is 32.6 Å². The first-order chi connectivity index (χ1) is 61.6. The molecule has 31 heteroatoms. The second-order valence-corrected chi connectivity index (χ2v) is 34.7. The van der Waals surface area contributed by atoms with E-state index in [1.165, 1.54) is 34.1 Å². The van der Waals surface area contributed by atoms with E-state index in [1.54, 1.807) is 76.4 Å². The second kappa shape index (κ2) is 34.4. The van der Waals surface area contributed by atoms with E-state index in [2.05, 4.69) is 47.1 Å². The van der Waals surface area contributed by atoms with E-state index >= 15 is 0 Å². The lowest BCUT2D eigenvalue weighted by Crippen LogP contribution is -2.44. The minimum absolute atomic E-state index is 0. The van der Waals surface area contributed by atoms with Gasteiger partial charge in [0, 0.05) is 106 Å². The van der Waals surface area contributed by atoms with E-state index in [4.69, 9.17) is 24.2 Å². The summed E-state index contributed by atoms with van der Waals surface area (Å²) in [5.74, 6) is 0.495. The summed E-state index contributed by atoms with van der Waals surface area (Å²) in [6.07, 6.45) is 11.5. The lowest BCUT2D eigenvalue weighted by Gasteiger charge is -2.31. The highest BCUT2D eigenvalue weighted by Gasteiger charge is 2.48. The Morgan fingerprint density at radius 2 is 0.977 bits per heavy atom. The van der Waals surface area contributed by atoms with Crippen molar-refractivity contribution in [2.24, 2.45) is 11.8 Å². The average Bonchev–Trinajstić information content (AvgIpc) is 1.58. The van der Waals surface area contributed by atoms with Gasteiger partial charge in [-0.2, -0.15) is 10.2 Å². The van der Waals surface area contributed by atoms with Crippen molar-refractivity contribution in [2.75, 3.05) is 26.2 Å². The lowest BCUT2D eigenvalue weighted by atomic mass is 9.86. The molecule has 2 saturated heterocycles. The van der Waals surface area contributed by atoms with Gasteiger partial charge in [-0.3, -0.25) is 9.59 Å². The van der Waals surface area contributed by atoms with Gasteiger partial charge >= 0.3 is 29.4 Å². The van der Waals surface area contributed by atoms with Gasteiger partial charge in [-0.1, -0.05) is 62.8 Å². The maximum absolute atomic E-state index is 13.7. The summed E-state index contributed by atoms with van der Waals surface area (Å²) in [5.41, 5.74) is 9.08. The van der Waals surface area contributed by atoms with Gasteiger partial charge in [0.1, 0.15) is 47.7 Å². The van der Waals surface area contributed by atoms with Crippen LogP contribution >= 0.6 is 0 Å². The summed E-state index contributed by atoms with van der Waals surface area (Å²) in [7, 11) is 0. The van der Waals surface area contributed by atoms with Gasteiger partial charge in [0.25, 0.3) is 11.1 Å². The quantitative estimate of drug-likeness (QED) is 0.0379. The molecule has 2 atom stereocenters. The van der Waals surface area contributed by atoms with Crippen molar-refractivity contribution in [3.63, 3.8) is 0 Å². The van der Waals surface area contributed by atoms with Crippen LogP contribution in [0.2, 0.25) is 0 Å². The van der Waals surface area contributed by atoms with E-state index in [9.17, 15) is 69.3 Å². The zero-order valence-electron chi connectivity index (χ0n) is 72.3. The molecule has 20 rings (SSSR count). The molecule has 0 spiro atoms. The number of aromatic nitrogens is 12. The summed E-state index contributed by atoms with van der Waals surface area (Å²) in [5, 5.41) is 94.5. The standard InChI is InChI=1S/C49H49N7O9.C26H31N5O3.C22H20N2O5.CH4/c1-5-31-33-20-30(8-9-38(33)50-43-35(31)24-55-40(43)22-37-36(45(55)59)25-64-46(60)49(37,63)6-2)65-48(62)54-16-12-27(13-17-54)11-15-53-18-14-28-19-29(7-10-39(28)53)56-44(51-52-47(56)61)34-21-32(26(3)4)41(57)23-42(34)58;1-16(2)20-14-21(24(33)15-23(20)32)25-28-29-26(34)31(25)19-3-4-22-18(13-19)8-12-30(22)11-7-17-5-9-27-10-6-17;1-3-12-13-7-11(25)5-6-17(13)23-19-14(12)9-24-18(19)8-16-15(20(24)26)10-29-21(27)22(16,28)4-2;/h7-10,14,18-23,26-27,57-58,63H,5-6,11-13,15-17,24-25H2,1-4H3,(H,52,61);3-4,8,12-17,27,32-33H,5-7,9-11H2,1-2H3,(H,29,34);5-8,25,28H,3-4,9-10H2,1-2H3;1H4. The predicted octanol–water partition coefficient (Wildman–Crippen LogP) is 14.1. The number of hydrogen-bond acceptors (Lipinski definition) is 22. The Hall–Kier alpha value is -13.9. The van der Waals surface area contributed by atoms with Crippen LogP contribution in [0, 0.1) is 11.8 Å². The predicted molar refractivity (Wildman–Crippen MR) is 486 cm³/mol. The Bertz CT molecular complexity index is 7130. The first-order valence-electron chi connectivity index (χ1n) is 43.9. The molecule has 2 unspecified atom stereocenters. The Balaban J connectivity index is 0.000000152. The molecule has 0 bridgehead atoms. The maximum Gasteiger partial charge on any atom is 0.415 e. The van der Waals surface area contributed by atoms with Gasteiger partial charge in [-0.25, -0.2) is 53.3 Å². The van der Waals surface area contributed by atoms with E-state index in [0.717, 1.165) is 118 Å². The summed E-state index contributed by atoms with van der Waals surface area (Å²) < 4.78 is 26.9. The second-order valence-electron chi connectivity index (χ2n) is 34.7. The molecule has 668 valence electrons. The molecule has 1 amide bonds. The van der Waals surface area contributed by atoms with Gasteiger partial charge in [-0.15, -0.1) is 0 Å². The van der Waals surface area contributed by atoms with E-state index in [1.807, 2.05) is 102 Å². The zero-order valence-corrected chi connectivity index (χ0v) is 72.3. The molecule has 6 aliphatic rings. The minimum atomic E-state index is -1.91. The van der Waals surface area contributed by atoms with Crippen LogP contribution in [0.1, 0.15) is 182 Å². The molecule has 2 fully saturated rings. The number of nitrogens with one attached hydrogen (secondary N) is 3. The van der Waals surface area contributed by atoms with E-state index in [0.29, 0.717) is 123 Å². The molecule has 0 radical (unpaired) electrons. The first kappa shape index (κ1) is 87.2. The fourth-order valence-electron chi connectivity index (χ4n) is 19.5. The monoisotopic (exact) mass is 1750 g/mol. The number of esters is 2. The highest BCUT2D eigenvalue weighted by atomic mass is 16.6. The van der Waals surface area contributed by atoms with Gasteiger partial charge in [0.05, 0.1) is 80.5 Å². The normalized spacial score (nSPS) is 17.0. The summed E-state index contributed by atoms with van der Waals surface area (Å²) in [6, 6.07) is 35.5. The Morgan fingerprint density at radius 1 is 0.527 bits per heavy atom. The van der Waals surface area contributed by atoms with Gasteiger partial charge in [0.15, 0.2) is 22.9 Å². The number of H-pyrrole nitrogens is 2. The fourth-order valence-corrected chi connectivity index (χ4v) is 19.5. The van der Waals surface area contributed by atoms with Crippen LogP contribution in [0.15, 0.2) is 153 Å². The first-order valence-corrected chi connectivity index (χ1v) is 43.9. The summed E-state index contributed by atoms with van der Waals surface area (Å²) in [6.45, 7) is 20.6. The third-order valence-corrected chi connectivity index (χ3v) is 26.8. The van der Waals surface area contributed by atoms with Gasteiger partial charge < -0.3 is 78.4 Å². The molecule has 8 aromatic heterocycles. The number of phenolic OH excluding ortho intramolecular Hbond substituents is 5. The molecular weight excluding hydrogens is 1650 g/mol. The van der Waals surface area contributed by atoms with Crippen molar-refractivity contribution in [2.45, 2.75) is 189 Å². The van der Waals surface area contributed by atoms with Crippen LogP contribution in [0.25, 0.3) is 101 Å². The number of aliphatic hydroxyl groups is 2. The third-order valence-electron chi connectivity index (χ3n) is 26.8. The SMILES string of the molecule is C.CC(C)c1cc(-c2n[nH]c(=O)n2-c2ccc3c(ccn3CCC3CCNCC3)c2)c(O)cc1O.CCc1c2c(nc3ccc(O)cc13)-c1cc3c(c(=O)n1C2)COC(=O)C3(O)CC.CCc1c2c(nc3ccc(OC(=O)N4CCC(CCn5ccc6cc(-n7c(-c8cc(C(C)C)c(O)cc8O)n[nH]c7=O)ccc65)CC4)cc13)-c1cc3c(c(=O)n1C2)COC(=O)C3(O)CC. The van der Waals surface area contributed by atoms with E-state index in [-0.39, 0.29) is 109 Å². The number of rotatable bonds is 17. The number of aromatic amines is 2. The molecule has 14 heterocycles. The molecular formula is C98H104N14O17. The largest absolute Gasteiger partial charge is 0.508 e. The van der Waals surface area contributed by atoms with Crippen LogP contribution in [0.4, 0.5) is 4.79 Å². The number of hydrogen-bond donors (Lipinski definition) is 10. The highest BCUT2D eigenvalue weighted by molar-refractivity contribution is 5.93. The summed E-state index contributed by atoms with van der Waals surface area (Å²) in [4.78, 5) is 103. The van der Waals surface area contributed by atoms with Crippen LogP contribution in [0.5, 0.6) is 34.5 Å². The highest BCUT2D eigenvalue weighted by Crippen LogP contribution is 2.46. The smallest absolute Gasteiger partial charge is 0.415 e. The van der Waals surface area contributed by atoms with Crippen molar-refractivity contribution in [3.8, 4) is 91.4 Å². The van der Waals surface area contributed by atoms with Crippen LogP contribution in [-0.2, 0) is 82.5 Å². The van der Waals surface area contributed by atoms with Crippen molar-refractivity contribution in [1.82, 2.24) is 68.0 Å². The number of fused-ring (bicyclic) bond motifs is 12. The molecule has 10 N–H and O–H groups in total. The van der Waals surface area contributed by atoms with Crippen molar-refractivity contribution >= 4 is 61.6 Å². The third kappa shape index (κ3) is 15.3. The number of carbonyl (C=O) groups is 3. The van der Waals surface area contributed by atoms with E-state index < -0.39 is 40.6 Å².